The van der Waals surface area contributed by atoms with E-state index >= 15 is 0 Å². The third-order valence-electron chi connectivity index (χ3n) is 2.53. The Bertz CT molecular complexity index is 157. The molecule has 0 aromatic carbocycles. The normalized spacial score (nSPS) is 31.0. The summed E-state index contributed by atoms with van der Waals surface area (Å²) in [7, 11) is 0. The molecule has 0 heterocycles. The van der Waals surface area contributed by atoms with Crippen LogP contribution in [0.5, 0.6) is 0 Å². The van der Waals surface area contributed by atoms with Gasteiger partial charge in [-0.2, -0.15) is 0 Å². The van der Waals surface area contributed by atoms with Crippen molar-refractivity contribution in [3.05, 3.63) is 0 Å². The van der Waals surface area contributed by atoms with Gasteiger partial charge in [0.05, 0.1) is 6.04 Å². The molecule has 11 heavy (non-hydrogen) atoms. The molecule has 1 nitrogen and oxygen atoms in total. The van der Waals surface area contributed by atoms with Crippen LogP contribution in [0.4, 0.5) is 0 Å². The van der Waals surface area contributed by atoms with Crippen molar-refractivity contribution in [3.8, 4) is 12.3 Å². The third kappa shape index (κ3) is 2.55. The van der Waals surface area contributed by atoms with Crippen LogP contribution >= 0.6 is 0 Å². The van der Waals surface area contributed by atoms with Crippen LogP contribution in [0.15, 0.2) is 0 Å². The number of nitrogens with one attached hydrogen (secondary N) is 1. The standard InChI is InChI=1S/C10H17N/c1-4-8(3)11-7-10-6-9(10)5-2/h1,8-11H,5-7H2,2-3H3/t8?,9-,10+/m1/s1. The van der Waals surface area contributed by atoms with Gasteiger partial charge in [0, 0.05) is 0 Å². The summed E-state index contributed by atoms with van der Waals surface area (Å²) in [6.45, 7) is 5.41. The van der Waals surface area contributed by atoms with Crippen LogP contribution < -0.4 is 5.32 Å². The molecule has 0 saturated heterocycles. The molecule has 0 radical (unpaired) electrons. The lowest BCUT2D eigenvalue weighted by atomic mass is 10.2. The Morgan fingerprint density at radius 3 is 2.82 bits per heavy atom. The fraction of sp³-hybridized carbons (Fsp3) is 0.800. The van der Waals surface area contributed by atoms with Crippen LogP contribution in [0.3, 0.4) is 0 Å². The maximum Gasteiger partial charge on any atom is 0.0658 e. The third-order valence-corrected chi connectivity index (χ3v) is 2.53. The molecule has 0 aliphatic heterocycles. The molecule has 0 aromatic heterocycles. The minimum absolute atomic E-state index is 0.244. The van der Waals surface area contributed by atoms with Gasteiger partial charge in [-0.15, -0.1) is 6.42 Å². The van der Waals surface area contributed by atoms with Crippen molar-refractivity contribution in [2.45, 2.75) is 32.7 Å². The van der Waals surface area contributed by atoms with Gasteiger partial charge in [0.2, 0.25) is 0 Å². The van der Waals surface area contributed by atoms with Gasteiger partial charge in [-0.3, -0.25) is 0 Å². The zero-order valence-corrected chi connectivity index (χ0v) is 7.43. The van der Waals surface area contributed by atoms with E-state index in [2.05, 4.69) is 18.2 Å². The van der Waals surface area contributed by atoms with Gasteiger partial charge < -0.3 is 5.32 Å². The lowest BCUT2D eigenvalue weighted by Crippen LogP contribution is -2.26. The largest absolute Gasteiger partial charge is 0.304 e. The minimum atomic E-state index is 0.244. The van der Waals surface area contributed by atoms with Crippen LogP contribution in [0.2, 0.25) is 0 Å². The van der Waals surface area contributed by atoms with Gasteiger partial charge in [-0.25, -0.2) is 0 Å². The molecular weight excluding hydrogens is 134 g/mol. The van der Waals surface area contributed by atoms with Gasteiger partial charge in [0.1, 0.15) is 0 Å². The van der Waals surface area contributed by atoms with Gasteiger partial charge in [-0.05, 0) is 31.7 Å². The summed E-state index contributed by atoms with van der Waals surface area (Å²) in [5, 5.41) is 3.32. The Morgan fingerprint density at radius 2 is 2.36 bits per heavy atom. The maximum atomic E-state index is 5.23. The highest BCUT2D eigenvalue weighted by molar-refractivity contribution is 4.97. The van der Waals surface area contributed by atoms with Gasteiger partial charge >= 0.3 is 0 Å². The van der Waals surface area contributed by atoms with Gasteiger partial charge in [0.15, 0.2) is 0 Å². The molecular formula is C10H17N. The van der Waals surface area contributed by atoms with E-state index in [1.54, 1.807) is 0 Å². The van der Waals surface area contributed by atoms with Crippen molar-refractivity contribution in [2.24, 2.45) is 11.8 Å². The van der Waals surface area contributed by atoms with E-state index in [0.29, 0.717) is 0 Å². The smallest absolute Gasteiger partial charge is 0.0658 e. The molecule has 0 amide bonds. The molecule has 1 unspecified atom stereocenters. The molecule has 62 valence electrons. The van der Waals surface area contributed by atoms with Crippen LogP contribution in [-0.4, -0.2) is 12.6 Å². The van der Waals surface area contributed by atoms with Crippen molar-refractivity contribution >= 4 is 0 Å². The summed E-state index contributed by atoms with van der Waals surface area (Å²) < 4.78 is 0. The average molecular weight is 151 g/mol. The van der Waals surface area contributed by atoms with E-state index in [0.717, 1.165) is 18.4 Å². The molecule has 0 bridgehead atoms. The van der Waals surface area contributed by atoms with E-state index < -0.39 is 0 Å². The summed E-state index contributed by atoms with van der Waals surface area (Å²) in [5.74, 6) is 4.56. The van der Waals surface area contributed by atoms with E-state index in [9.17, 15) is 0 Å². The van der Waals surface area contributed by atoms with Gasteiger partial charge in [-0.1, -0.05) is 19.3 Å². The number of hydrogen-bond acceptors (Lipinski definition) is 1. The second-order valence-electron chi connectivity index (χ2n) is 3.46. The molecule has 0 spiro atoms. The fourth-order valence-electron chi connectivity index (χ4n) is 1.45. The van der Waals surface area contributed by atoms with E-state index in [4.69, 9.17) is 6.42 Å². The Balaban J connectivity index is 2.02. The van der Waals surface area contributed by atoms with Crippen LogP contribution in [-0.2, 0) is 0 Å². The van der Waals surface area contributed by atoms with E-state index in [1.807, 2.05) is 6.92 Å². The number of hydrogen-bond donors (Lipinski definition) is 1. The molecule has 1 N–H and O–H groups in total. The highest BCUT2D eigenvalue weighted by Crippen LogP contribution is 2.40. The highest BCUT2D eigenvalue weighted by Gasteiger charge is 2.34. The summed E-state index contributed by atoms with van der Waals surface area (Å²) in [4.78, 5) is 0. The first-order chi connectivity index (χ1) is 5.27. The molecule has 0 aromatic rings. The van der Waals surface area contributed by atoms with E-state index in [-0.39, 0.29) is 6.04 Å². The Labute approximate surface area is 69.6 Å². The van der Waals surface area contributed by atoms with Crippen molar-refractivity contribution in [3.63, 3.8) is 0 Å². The molecule has 3 atom stereocenters. The second kappa shape index (κ2) is 3.78. The van der Waals surface area contributed by atoms with E-state index in [1.165, 1.54) is 12.8 Å². The SMILES string of the molecule is C#CC(C)NC[C@@H]1C[C@H]1CC. The lowest BCUT2D eigenvalue weighted by molar-refractivity contribution is 0.569. The quantitative estimate of drug-likeness (QED) is 0.602. The topological polar surface area (TPSA) is 12.0 Å². The minimum Gasteiger partial charge on any atom is -0.304 e. The first-order valence-electron chi connectivity index (χ1n) is 4.47. The lowest BCUT2D eigenvalue weighted by Gasteiger charge is -2.05. The van der Waals surface area contributed by atoms with Crippen LogP contribution in [0, 0.1) is 24.2 Å². The Hall–Kier alpha value is -0.480. The molecule has 1 saturated carbocycles. The Kier molecular flexibility index (Phi) is 2.96. The highest BCUT2D eigenvalue weighted by atomic mass is 14.9. The number of terminal acetylenes is 1. The number of rotatable bonds is 4. The zero-order valence-electron chi connectivity index (χ0n) is 7.43. The summed E-state index contributed by atoms with van der Waals surface area (Å²) in [6.07, 6.45) is 7.97. The van der Waals surface area contributed by atoms with Crippen LogP contribution in [0.1, 0.15) is 26.7 Å². The van der Waals surface area contributed by atoms with Crippen molar-refractivity contribution in [1.29, 1.82) is 0 Å². The molecule has 1 aliphatic carbocycles. The van der Waals surface area contributed by atoms with Crippen molar-refractivity contribution in [1.82, 2.24) is 5.32 Å². The monoisotopic (exact) mass is 151 g/mol. The van der Waals surface area contributed by atoms with Crippen LogP contribution in [0.25, 0.3) is 0 Å². The molecule has 1 aliphatic rings. The average Bonchev–Trinajstić information content (AvgIpc) is 2.78. The molecule has 1 rings (SSSR count). The fourth-order valence-corrected chi connectivity index (χ4v) is 1.45. The van der Waals surface area contributed by atoms with Gasteiger partial charge in [0.25, 0.3) is 0 Å². The second-order valence-corrected chi connectivity index (χ2v) is 3.46. The maximum absolute atomic E-state index is 5.23. The van der Waals surface area contributed by atoms with Crippen molar-refractivity contribution in [2.75, 3.05) is 6.54 Å². The molecule has 1 fully saturated rings. The van der Waals surface area contributed by atoms with Crippen molar-refractivity contribution < 1.29 is 0 Å². The summed E-state index contributed by atoms with van der Waals surface area (Å²) >= 11 is 0. The summed E-state index contributed by atoms with van der Waals surface area (Å²) in [6, 6.07) is 0.244. The first kappa shape index (κ1) is 8.62. The summed E-state index contributed by atoms with van der Waals surface area (Å²) in [5.41, 5.74) is 0. The Morgan fingerprint density at radius 1 is 1.64 bits per heavy atom. The predicted octanol–water partition coefficient (Wildman–Crippen LogP) is 1.64. The first-order valence-corrected chi connectivity index (χ1v) is 4.47. The molecule has 1 heteroatoms. The zero-order chi connectivity index (χ0) is 8.27. The predicted molar refractivity (Wildman–Crippen MR) is 48.2 cm³/mol.